The van der Waals surface area contributed by atoms with E-state index in [1.54, 1.807) is 22.9 Å². The molecule has 0 radical (unpaired) electrons. The zero-order chi connectivity index (χ0) is 17.1. The Bertz CT molecular complexity index is 903. The van der Waals surface area contributed by atoms with Crippen LogP contribution >= 0.6 is 34.5 Å². The van der Waals surface area contributed by atoms with Crippen LogP contribution in [0.25, 0.3) is 5.69 Å². The Morgan fingerprint density at radius 1 is 1.29 bits per heavy atom. The molecule has 0 fully saturated rings. The number of carbonyl (C=O) groups is 1. The maximum Gasteiger partial charge on any atom is 0.281 e. The van der Waals surface area contributed by atoms with Crippen molar-refractivity contribution in [1.29, 1.82) is 0 Å². The number of amides is 1. The van der Waals surface area contributed by atoms with E-state index in [9.17, 15) is 4.79 Å². The summed E-state index contributed by atoms with van der Waals surface area (Å²) in [5.74, 6) is -0.270. The number of thiophene rings is 1. The van der Waals surface area contributed by atoms with Crippen LogP contribution in [0.5, 0.6) is 0 Å². The van der Waals surface area contributed by atoms with Crippen molar-refractivity contribution in [3.8, 4) is 5.69 Å². The first-order chi connectivity index (χ1) is 11.6. The molecule has 0 saturated carbocycles. The Morgan fingerprint density at radius 2 is 2.08 bits per heavy atom. The van der Waals surface area contributed by atoms with E-state index in [4.69, 9.17) is 23.2 Å². The third-order valence-electron chi connectivity index (χ3n) is 3.23. The van der Waals surface area contributed by atoms with Crippen LogP contribution < -0.4 is 5.43 Å². The normalized spacial score (nSPS) is 11.1. The van der Waals surface area contributed by atoms with Crippen LogP contribution in [0.2, 0.25) is 10.2 Å². The number of nitrogens with zero attached hydrogens (tertiary/aromatic N) is 3. The van der Waals surface area contributed by atoms with Crippen molar-refractivity contribution in [2.75, 3.05) is 0 Å². The average molecular weight is 379 g/mol. The van der Waals surface area contributed by atoms with Gasteiger partial charge in [0.15, 0.2) is 0 Å². The Labute approximate surface area is 152 Å². The van der Waals surface area contributed by atoms with Gasteiger partial charge in [-0.3, -0.25) is 4.79 Å². The molecule has 1 N–H and O–H groups in total. The van der Waals surface area contributed by atoms with Crippen LogP contribution in [0.4, 0.5) is 0 Å². The molecule has 2 heterocycles. The second-order valence-electron chi connectivity index (χ2n) is 4.83. The smallest absolute Gasteiger partial charge is 0.266 e. The van der Waals surface area contributed by atoms with Crippen molar-refractivity contribution in [3.05, 3.63) is 68.1 Å². The predicted molar refractivity (Wildman–Crippen MR) is 97.7 cm³/mol. The molecule has 1 aromatic carbocycles. The summed E-state index contributed by atoms with van der Waals surface area (Å²) >= 11 is 13.9. The number of halogens is 2. The third kappa shape index (κ3) is 3.36. The summed E-state index contributed by atoms with van der Waals surface area (Å²) in [6.07, 6.45) is 1.48. The fourth-order valence-corrected chi connectivity index (χ4v) is 3.20. The highest BCUT2D eigenvalue weighted by molar-refractivity contribution is 7.12. The minimum atomic E-state index is -0.270. The lowest BCUT2D eigenvalue weighted by Crippen LogP contribution is -2.16. The van der Waals surface area contributed by atoms with E-state index < -0.39 is 0 Å². The quantitative estimate of drug-likeness (QED) is 0.542. The number of carbonyl (C=O) groups excluding carboxylic acids is 1. The highest BCUT2D eigenvalue weighted by Crippen LogP contribution is 2.26. The lowest BCUT2D eigenvalue weighted by atomic mass is 10.3. The average Bonchev–Trinajstić information content (AvgIpc) is 3.19. The summed E-state index contributed by atoms with van der Waals surface area (Å²) < 4.78 is 1.54. The van der Waals surface area contributed by atoms with Crippen molar-refractivity contribution < 1.29 is 4.79 Å². The molecule has 0 unspecified atom stereocenters. The summed E-state index contributed by atoms with van der Waals surface area (Å²) in [5, 5.41) is 11.1. The topological polar surface area (TPSA) is 59.3 Å². The molecule has 24 heavy (non-hydrogen) atoms. The summed E-state index contributed by atoms with van der Waals surface area (Å²) in [5.41, 5.74) is 4.43. The number of hydrazone groups is 1. The molecule has 3 aromatic rings. The van der Waals surface area contributed by atoms with E-state index in [1.165, 1.54) is 17.6 Å². The predicted octanol–water partition coefficient (Wildman–Crippen LogP) is 4.31. The number of nitrogens with one attached hydrogen (secondary N) is 1. The summed E-state index contributed by atoms with van der Waals surface area (Å²) in [6.45, 7) is 1.81. The first-order valence-electron chi connectivity index (χ1n) is 6.95. The largest absolute Gasteiger partial charge is 0.281 e. The van der Waals surface area contributed by atoms with Gasteiger partial charge in [-0.2, -0.15) is 10.2 Å². The number of hydrogen-bond acceptors (Lipinski definition) is 4. The number of aromatic nitrogens is 2. The third-order valence-corrected chi connectivity index (χ3v) is 4.79. The zero-order valence-corrected chi connectivity index (χ0v) is 14.9. The highest BCUT2D eigenvalue weighted by atomic mass is 35.5. The molecular weight excluding hydrogens is 367 g/mol. The van der Waals surface area contributed by atoms with Gasteiger partial charge in [0.1, 0.15) is 5.15 Å². The fourth-order valence-electron chi connectivity index (χ4n) is 2.06. The molecule has 1 amide bonds. The van der Waals surface area contributed by atoms with Crippen molar-refractivity contribution in [3.63, 3.8) is 0 Å². The van der Waals surface area contributed by atoms with Gasteiger partial charge < -0.3 is 0 Å². The number of rotatable bonds is 4. The zero-order valence-electron chi connectivity index (χ0n) is 12.5. The molecule has 8 heteroatoms. The van der Waals surface area contributed by atoms with Crippen molar-refractivity contribution in [2.45, 2.75) is 6.92 Å². The van der Waals surface area contributed by atoms with Crippen LogP contribution in [0.15, 0.2) is 46.9 Å². The fraction of sp³-hybridized carbons (Fsp3) is 0.0625. The minimum absolute atomic E-state index is 0.270. The molecule has 0 aliphatic rings. The number of para-hydroxylation sites is 1. The van der Waals surface area contributed by atoms with E-state index in [2.05, 4.69) is 15.6 Å². The molecule has 0 aliphatic heterocycles. The standard InChI is InChI=1S/C16H12Cl2N4OS/c1-10-11(9-19-20-16(23)14-7-4-8-24-14)15(18)22(21-10)13-6-3-2-5-12(13)17/h2-9H,1H3,(H,20,23)/b19-9-. The van der Waals surface area contributed by atoms with E-state index in [0.717, 1.165) is 0 Å². The van der Waals surface area contributed by atoms with Gasteiger partial charge in [-0.1, -0.05) is 41.4 Å². The SMILES string of the molecule is Cc1nn(-c2ccccc2Cl)c(Cl)c1/C=N\NC(=O)c1cccs1. The van der Waals surface area contributed by atoms with Gasteiger partial charge in [-0.05, 0) is 30.5 Å². The van der Waals surface area contributed by atoms with Crippen LogP contribution in [-0.4, -0.2) is 21.9 Å². The lowest BCUT2D eigenvalue weighted by molar-refractivity contribution is 0.0959. The van der Waals surface area contributed by atoms with Crippen LogP contribution in [0, 0.1) is 6.92 Å². The van der Waals surface area contributed by atoms with Crippen LogP contribution in [0.1, 0.15) is 20.9 Å². The molecule has 0 spiro atoms. The van der Waals surface area contributed by atoms with Crippen molar-refractivity contribution in [2.24, 2.45) is 5.10 Å². The molecule has 5 nitrogen and oxygen atoms in total. The van der Waals surface area contributed by atoms with Gasteiger partial charge in [0.05, 0.1) is 33.1 Å². The Kier molecular flexibility index (Phi) is 4.99. The van der Waals surface area contributed by atoms with E-state index in [1.807, 2.05) is 30.5 Å². The molecule has 3 rings (SSSR count). The van der Waals surface area contributed by atoms with Gasteiger partial charge in [0.25, 0.3) is 5.91 Å². The van der Waals surface area contributed by atoms with Gasteiger partial charge in [0, 0.05) is 0 Å². The molecule has 0 aliphatic carbocycles. The van der Waals surface area contributed by atoms with Gasteiger partial charge in [-0.25, -0.2) is 10.1 Å². The highest BCUT2D eigenvalue weighted by Gasteiger charge is 2.15. The van der Waals surface area contributed by atoms with E-state index in [0.29, 0.717) is 32.0 Å². The summed E-state index contributed by atoms with van der Waals surface area (Å²) in [6, 6.07) is 10.8. The Morgan fingerprint density at radius 3 is 2.79 bits per heavy atom. The maximum atomic E-state index is 11.9. The first kappa shape index (κ1) is 16.7. The van der Waals surface area contributed by atoms with Gasteiger partial charge in [0.2, 0.25) is 0 Å². The first-order valence-corrected chi connectivity index (χ1v) is 8.58. The van der Waals surface area contributed by atoms with Crippen LogP contribution in [0.3, 0.4) is 0 Å². The molecule has 0 atom stereocenters. The lowest BCUT2D eigenvalue weighted by Gasteiger charge is -2.04. The van der Waals surface area contributed by atoms with E-state index in [-0.39, 0.29) is 5.91 Å². The second kappa shape index (κ2) is 7.17. The van der Waals surface area contributed by atoms with Crippen molar-refractivity contribution in [1.82, 2.24) is 15.2 Å². The van der Waals surface area contributed by atoms with Crippen LogP contribution in [-0.2, 0) is 0 Å². The van der Waals surface area contributed by atoms with Gasteiger partial charge >= 0.3 is 0 Å². The molecule has 0 saturated heterocycles. The molecular formula is C16H12Cl2N4OS. The van der Waals surface area contributed by atoms with Crippen molar-refractivity contribution >= 4 is 46.7 Å². The second-order valence-corrected chi connectivity index (χ2v) is 6.54. The number of aryl methyl sites for hydroxylation is 1. The van der Waals surface area contributed by atoms with E-state index >= 15 is 0 Å². The minimum Gasteiger partial charge on any atom is -0.266 e. The Hall–Kier alpha value is -2.15. The molecule has 2 aromatic heterocycles. The van der Waals surface area contributed by atoms with Gasteiger partial charge in [-0.15, -0.1) is 11.3 Å². The molecule has 0 bridgehead atoms. The monoisotopic (exact) mass is 378 g/mol. The molecule has 122 valence electrons. The Balaban J connectivity index is 1.83. The summed E-state index contributed by atoms with van der Waals surface area (Å²) in [7, 11) is 0. The summed E-state index contributed by atoms with van der Waals surface area (Å²) in [4.78, 5) is 12.4. The number of hydrogen-bond donors (Lipinski definition) is 1. The number of benzene rings is 1. The maximum absolute atomic E-state index is 11.9.